The Hall–Kier alpha value is -3.22. The number of fused-ring (bicyclic) bond motifs is 1. The third-order valence-electron chi connectivity index (χ3n) is 5.49. The summed E-state index contributed by atoms with van der Waals surface area (Å²) in [7, 11) is -19.3. The van der Waals surface area contributed by atoms with Gasteiger partial charge in [-0.2, -0.15) is 43.9 Å². The van der Waals surface area contributed by atoms with Crippen molar-refractivity contribution in [2.24, 2.45) is 20.5 Å². The first-order valence-electron chi connectivity index (χ1n) is 11.0. The fraction of sp³-hybridized carbons (Fsp3) is 0. The number of hydrogen-bond donors (Lipinski definition) is 5. The molecule has 22 heteroatoms. The van der Waals surface area contributed by atoms with Gasteiger partial charge in [-0.1, -0.05) is 6.07 Å². The zero-order valence-corrected chi connectivity index (χ0v) is 27.0. The molecule has 0 amide bonds. The van der Waals surface area contributed by atoms with E-state index in [2.05, 4.69) is 20.5 Å². The first kappa shape index (κ1) is 35.3. The second-order valence-corrected chi connectivity index (χ2v) is 14.0. The van der Waals surface area contributed by atoms with E-state index in [-0.39, 0.29) is 51.7 Å². The molecule has 0 unspecified atom stereocenters. The fourth-order valence-corrected chi connectivity index (χ4v) is 5.80. The molecule has 17 nitrogen and oxygen atoms in total. The molecule has 1 radical (unpaired) electrons. The largest absolute Gasteiger partial charge is 0.504 e. The number of phenols is 1. The summed E-state index contributed by atoms with van der Waals surface area (Å²) < 4.78 is 131. The van der Waals surface area contributed by atoms with Crippen LogP contribution < -0.4 is 0 Å². The molecule has 44 heavy (non-hydrogen) atoms. The van der Waals surface area contributed by atoms with E-state index in [1.807, 2.05) is 0 Å². The van der Waals surface area contributed by atoms with Crippen LogP contribution in [0.25, 0.3) is 10.8 Å². The minimum absolute atomic E-state index is 0. The Kier molecular flexibility index (Phi) is 10.1. The van der Waals surface area contributed by atoms with Gasteiger partial charge in [0.05, 0.1) is 21.2 Å². The van der Waals surface area contributed by atoms with E-state index in [0.717, 1.165) is 42.5 Å². The van der Waals surface area contributed by atoms with Crippen LogP contribution in [0.4, 0.5) is 22.7 Å². The van der Waals surface area contributed by atoms with Gasteiger partial charge < -0.3 is 5.11 Å². The molecule has 0 aliphatic rings. The van der Waals surface area contributed by atoms with Crippen molar-refractivity contribution >= 4 is 104 Å². The average Bonchev–Trinajstić information content (AvgIpc) is 2.89. The Morgan fingerprint density at radius 1 is 0.500 bits per heavy atom. The monoisotopic (exact) mass is 695 g/mol. The van der Waals surface area contributed by atoms with E-state index in [4.69, 9.17) is 4.55 Å². The Morgan fingerprint density at radius 2 is 1.02 bits per heavy atom. The van der Waals surface area contributed by atoms with E-state index in [1.54, 1.807) is 0 Å². The Balaban J connectivity index is 0.00000529. The number of aromatic hydroxyl groups is 1. The maximum absolute atomic E-state index is 12.1. The van der Waals surface area contributed by atoms with Gasteiger partial charge in [-0.25, -0.2) is 0 Å². The molecule has 0 bridgehead atoms. The summed E-state index contributed by atoms with van der Waals surface area (Å²) in [5.41, 5.74) is -1.25. The van der Waals surface area contributed by atoms with Crippen molar-refractivity contribution in [2.75, 3.05) is 0 Å². The Bertz CT molecular complexity index is 2290. The minimum atomic E-state index is -5.12. The van der Waals surface area contributed by atoms with Gasteiger partial charge in [-0.15, -0.1) is 10.2 Å². The first-order chi connectivity index (χ1) is 19.7. The normalized spacial score (nSPS) is 13.0. The van der Waals surface area contributed by atoms with Crippen LogP contribution in [-0.2, 0) is 40.5 Å². The molecule has 5 N–H and O–H groups in total. The van der Waals surface area contributed by atoms with E-state index in [0.29, 0.717) is 6.07 Å². The van der Waals surface area contributed by atoms with Crippen molar-refractivity contribution < 1.29 is 57.0 Å². The second kappa shape index (κ2) is 12.6. The number of benzene rings is 4. The van der Waals surface area contributed by atoms with E-state index < -0.39 is 77.2 Å². The standard InChI is InChI=1S/C22H16N4O13S4.Na/c27-22-20(43(37,38)39)10-12-9-16(41(31,32)33)6-7-17(12)21(22)26-25-18-8-3-14(11-19(18)42(34,35)36)24-23-13-1-4-15(5-2-13)40(28,29)30;/h1-11,27H,(H,28,29,30)(H,31,32,33)(H,34,35,36)(H,37,38,39);. The predicted octanol–water partition coefficient (Wildman–Crippen LogP) is 3.98. The van der Waals surface area contributed by atoms with E-state index >= 15 is 0 Å². The van der Waals surface area contributed by atoms with Crippen molar-refractivity contribution in [2.45, 2.75) is 19.6 Å². The SMILES string of the molecule is O=S(=O)(O)c1ccc(N=Nc2ccc(N=Nc3c(O)c(S(=O)(=O)O)cc4cc(S(=O)(=O)O)ccc34)c(S(=O)(=O)O)c2)cc1.[Na]. The number of nitrogens with zero attached hydrogens (tertiary/aromatic N) is 4. The molecule has 4 rings (SSSR count). The van der Waals surface area contributed by atoms with Gasteiger partial charge >= 0.3 is 0 Å². The van der Waals surface area contributed by atoms with Gasteiger partial charge in [0, 0.05) is 34.9 Å². The second-order valence-electron chi connectivity index (χ2n) is 8.40. The van der Waals surface area contributed by atoms with Crippen molar-refractivity contribution in [3.05, 3.63) is 66.7 Å². The maximum Gasteiger partial charge on any atom is 0.298 e. The first-order valence-corrected chi connectivity index (χ1v) is 16.8. The Morgan fingerprint density at radius 3 is 1.57 bits per heavy atom. The molecule has 0 aliphatic carbocycles. The summed E-state index contributed by atoms with van der Waals surface area (Å²) in [5, 5.41) is 25.1. The average molecular weight is 696 g/mol. The number of hydrogen-bond acceptors (Lipinski definition) is 13. The van der Waals surface area contributed by atoms with Crippen LogP contribution >= 0.6 is 0 Å². The van der Waals surface area contributed by atoms with Gasteiger partial charge in [-0.3, -0.25) is 18.2 Å². The molecular formula is C22H16N4NaO13S4. The van der Waals surface area contributed by atoms with Gasteiger partial charge in [0.1, 0.15) is 21.2 Å². The smallest absolute Gasteiger partial charge is 0.298 e. The van der Waals surface area contributed by atoms with Gasteiger partial charge in [-0.05, 0) is 66.0 Å². The number of rotatable bonds is 8. The minimum Gasteiger partial charge on any atom is -0.504 e. The molecule has 0 saturated heterocycles. The van der Waals surface area contributed by atoms with Crippen LogP contribution in [0.5, 0.6) is 5.75 Å². The van der Waals surface area contributed by atoms with E-state index in [9.17, 15) is 52.4 Å². The molecule has 4 aromatic rings. The third-order valence-corrected chi connectivity index (χ3v) is 8.96. The molecule has 227 valence electrons. The summed E-state index contributed by atoms with van der Waals surface area (Å²) in [6.07, 6.45) is 0. The van der Waals surface area contributed by atoms with Crippen molar-refractivity contribution in [3.8, 4) is 5.75 Å². The zero-order chi connectivity index (χ0) is 32.0. The summed E-state index contributed by atoms with van der Waals surface area (Å²) in [5.74, 6) is -1.14. The quantitative estimate of drug-likeness (QED) is 0.0991. The topological polar surface area (TPSA) is 287 Å². The third kappa shape index (κ3) is 8.08. The zero-order valence-electron chi connectivity index (χ0n) is 21.8. The van der Waals surface area contributed by atoms with Gasteiger partial charge in [0.2, 0.25) is 0 Å². The molecule has 0 saturated carbocycles. The van der Waals surface area contributed by atoms with Crippen LogP contribution in [0.2, 0.25) is 0 Å². The van der Waals surface area contributed by atoms with Gasteiger partial charge in [0.15, 0.2) is 5.75 Å². The maximum atomic E-state index is 12.1. The van der Waals surface area contributed by atoms with Crippen LogP contribution in [0, 0.1) is 0 Å². The summed E-state index contributed by atoms with van der Waals surface area (Å²) in [4.78, 5) is -3.05. The Labute approximate surface area is 271 Å². The van der Waals surface area contributed by atoms with Crippen molar-refractivity contribution in [1.29, 1.82) is 0 Å². The van der Waals surface area contributed by atoms with Crippen LogP contribution in [0.3, 0.4) is 0 Å². The molecule has 0 fully saturated rings. The molecule has 0 aliphatic heterocycles. The van der Waals surface area contributed by atoms with Crippen LogP contribution in [0.1, 0.15) is 0 Å². The van der Waals surface area contributed by atoms with E-state index in [1.165, 1.54) is 18.2 Å². The molecule has 0 aromatic heterocycles. The number of azo groups is 2. The summed E-state index contributed by atoms with van der Waals surface area (Å²) in [6.45, 7) is 0. The fourth-order valence-electron chi connectivity index (χ4n) is 3.55. The van der Waals surface area contributed by atoms with Crippen molar-refractivity contribution in [3.63, 3.8) is 0 Å². The summed E-state index contributed by atoms with van der Waals surface area (Å²) in [6, 6.07) is 10.9. The summed E-state index contributed by atoms with van der Waals surface area (Å²) >= 11 is 0. The molecular weight excluding hydrogens is 680 g/mol. The van der Waals surface area contributed by atoms with Crippen LogP contribution in [0.15, 0.2) is 107 Å². The van der Waals surface area contributed by atoms with Gasteiger partial charge in [0.25, 0.3) is 40.5 Å². The molecule has 0 spiro atoms. The predicted molar refractivity (Wildman–Crippen MR) is 152 cm³/mol. The molecule has 0 heterocycles. The van der Waals surface area contributed by atoms with Crippen molar-refractivity contribution in [1.82, 2.24) is 0 Å². The molecule has 0 atom stereocenters. The molecule has 4 aromatic carbocycles. The number of phenolic OH excluding ortho intramolecular Hbond substituents is 1. The van der Waals surface area contributed by atoms with Crippen LogP contribution in [-0.4, -0.2) is 86.5 Å².